The van der Waals surface area contributed by atoms with Crippen LogP contribution in [0.3, 0.4) is 0 Å². The molecule has 156 valence electrons. The molecule has 6 nitrogen and oxygen atoms in total. The van der Waals surface area contributed by atoms with E-state index in [2.05, 4.69) is 16.4 Å². The number of nitriles is 1. The second kappa shape index (κ2) is 9.02. The van der Waals surface area contributed by atoms with Crippen LogP contribution in [0, 0.1) is 11.3 Å². The number of nitrogens with one attached hydrogen (secondary N) is 1. The lowest BCUT2D eigenvalue weighted by Gasteiger charge is -2.12. The number of hydrogen-bond acceptors (Lipinski definition) is 5. The summed E-state index contributed by atoms with van der Waals surface area (Å²) in [6, 6.07) is 28.3. The normalized spacial score (nSPS) is 10.2. The van der Waals surface area contributed by atoms with E-state index < -0.39 is 0 Å². The summed E-state index contributed by atoms with van der Waals surface area (Å²) in [4.78, 5) is 15.7. The Morgan fingerprint density at radius 3 is 2.19 bits per heavy atom. The lowest BCUT2D eigenvalue weighted by molar-refractivity contribution is -0.114. The molecule has 1 aromatic heterocycles. The highest BCUT2D eigenvalue weighted by molar-refractivity contribution is 5.89. The first-order valence-corrected chi connectivity index (χ1v) is 9.95. The topological polar surface area (TPSA) is 101 Å². The minimum Gasteiger partial charge on any atom is -0.457 e. The first kappa shape index (κ1) is 20.6. The molecule has 0 saturated carbocycles. The Morgan fingerprint density at radius 2 is 1.56 bits per heavy atom. The summed E-state index contributed by atoms with van der Waals surface area (Å²) in [7, 11) is 0. The standard InChI is InChI=1S/C26H20N4O2/c1-17(31)29-20-11-7-18(8-12-20)23-15-25(30-26(28)24(23)16-27)19-9-13-22(14-10-19)32-21-5-3-2-4-6-21/h2-15H,1H3,(H2,28,30)(H,29,31). The van der Waals surface area contributed by atoms with Crippen LogP contribution >= 0.6 is 0 Å². The van der Waals surface area contributed by atoms with Crippen LogP contribution < -0.4 is 15.8 Å². The summed E-state index contributed by atoms with van der Waals surface area (Å²) in [6.07, 6.45) is 0. The SMILES string of the molecule is CC(=O)Nc1ccc(-c2cc(-c3ccc(Oc4ccccc4)cc3)nc(N)c2C#N)cc1. The zero-order chi connectivity index (χ0) is 22.5. The molecule has 0 aliphatic carbocycles. The fourth-order valence-corrected chi connectivity index (χ4v) is 3.31. The number of carbonyl (C=O) groups is 1. The number of rotatable bonds is 5. The number of nitrogens with two attached hydrogens (primary N) is 1. The van der Waals surface area contributed by atoms with E-state index in [1.54, 1.807) is 12.1 Å². The van der Waals surface area contributed by atoms with Gasteiger partial charge in [-0.3, -0.25) is 4.79 Å². The van der Waals surface area contributed by atoms with Crippen LogP contribution in [0.4, 0.5) is 11.5 Å². The van der Waals surface area contributed by atoms with Crippen LogP contribution in [0.5, 0.6) is 11.5 Å². The molecule has 4 rings (SSSR count). The molecule has 1 amide bonds. The average Bonchev–Trinajstić information content (AvgIpc) is 2.80. The van der Waals surface area contributed by atoms with E-state index in [1.807, 2.05) is 72.8 Å². The van der Waals surface area contributed by atoms with Crippen molar-refractivity contribution in [1.29, 1.82) is 5.26 Å². The Balaban J connectivity index is 1.66. The second-order valence-corrected chi connectivity index (χ2v) is 7.13. The molecule has 0 unspecified atom stereocenters. The van der Waals surface area contributed by atoms with Gasteiger partial charge in [0.15, 0.2) is 0 Å². The summed E-state index contributed by atoms with van der Waals surface area (Å²) in [6.45, 7) is 1.45. The molecule has 4 aromatic rings. The summed E-state index contributed by atoms with van der Waals surface area (Å²) in [5.74, 6) is 1.47. The van der Waals surface area contributed by atoms with Gasteiger partial charge < -0.3 is 15.8 Å². The van der Waals surface area contributed by atoms with Gasteiger partial charge in [-0.05, 0) is 60.2 Å². The molecule has 0 aliphatic heterocycles. The minimum atomic E-state index is -0.148. The minimum absolute atomic E-state index is 0.148. The van der Waals surface area contributed by atoms with Crippen molar-refractivity contribution in [3.63, 3.8) is 0 Å². The molecule has 0 fully saturated rings. The van der Waals surface area contributed by atoms with Gasteiger partial charge in [0.2, 0.25) is 5.91 Å². The van der Waals surface area contributed by atoms with Gasteiger partial charge in [-0.1, -0.05) is 30.3 Å². The van der Waals surface area contributed by atoms with E-state index in [0.29, 0.717) is 28.3 Å². The van der Waals surface area contributed by atoms with E-state index in [4.69, 9.17) is 10.5 Å². The number of ether oxygens (including phenoxy) is 1. The number of benzene rings is 3. The van der Waals surface area contributed by atoms with Crippen molar-refractivity contribution < 1.29 is 9.53 Å². The van der Waals surface area contributed by atoms with Crippen LogP contribution in [-0.2, 0) is 4.79 Å². The van der Waals surface area contributed by atoms with Gasteiger partial charge in [0.1, 0.15) is 28.9 Å². The maximum absolute atomic E-state index is 11.3. The maximum atomic E-state index is 11.3. The maximum Gasteiger partial charge on any atom is 0.221 e. The molecule has 6 heteroatoms. The predicted octanol–water partition coefficient (Wildman–Crippen LogP) is 5.62. The van der Waals surface area contributed by atoms with Gasteiger partial charge >= 0.3 is 0 Å². The smallest absolute Gasteiger partial charge is 0.221 e. The van der Waals surface area contributed by atoms with E-state index in [-0.39, 0.29) is 11.7 Å². The van der Waals surface area contributed by atoms with Crippen LogP contribution in [0.15, 0.2) is 84.9 Å². The summed E-state index contributed by atoms with van der Waals surface area (Å²) < 4.78 is 5.84. The van der Waals surface area contributed by atoms with Crippen LogP contribution in [0.2, 0.25) is 0 Å². The monoisotopic (exact) mass is 420 g/mol. The van der Waals surface area contributed by atoms with Crippen LogP contribution in [0.25, 0.3) is 22.4 Å². The molecule has 0 saturated heterocycles. The van der Waals surface area contributed by atoms with E-state index in [0.717, 1.165) is 16.9 Å². The number of nitrogens with zero attached hydrogens (tertiary/aromatic N) is 2. The number of nitrogen functional groups attached to an aromatic ring is 1. The summed E-state index contributed by atoms with van der Waals surface area (Å²) in [5, 5.41) is 12.4. The lowest BCUT2D eigenvalue weighted by Crippen LogP contribution is -2.05. The number of carbonyl (C=O) groups excluding carboxylic acids is 1. The Hall–Kier alpha value is -4.63. The Bertz CT molecular complexity index is 1290. The number of para-hydroxylation sites is 1. The van der Waals surface area contributed by atoms with Gasteiger partial charge in [-0.25, -0.2) is 4.98 Å². The number of pyridine rings is 1. The van der Waals surface area contributed by atoms with E-state index >= 15 is 0 Å². The van der Waals surface area contributed by atoms with Gasteiger partial charge in [0, 0.05) is 23.7 Å². The van der Waals surface area contributed by atoms with Crippen molar-refractivity contribution in [2.45, 2.75) is 6.92 Å². The van der Waals surface area contributed by atoms with Crippen LogP contribution in [-0.4, -0.2) is 10.9 Å². The largest absolute Gasteiger partial charge is 0.457 e. The van der Waals surface area contributed by atoms with E-state index in [1.165, 1.54) is 6.92 Å². The van der Waals surface area contributed by atoms with Gasteiger partial charge in [0.25, 0.3) is 0 Å². The lowest BCUT2D eigenvalue weighted by atomic mass is 9.98. The molecule has 32 heavy (non-hydrogen) atoms. The molecule has 0 spiro atoms. The van der Waals surface area contributed by atoms with Crippen molar-refractivity contribution >= 4 is 17.4 Å². The van der Waals surface area contributed by atoms with Crippen molar-refractivity contribution in [3.8, 4) is 40.0 Å². The molecule has 0 bridgehead atoms. The zero-order valence-electron chi connectivity index (χ0n) is 17.4. The number of anilines is 2. The number of amides is 1. The third-order valence-electron chi connectivity index (χ3n) is 4.80. The second-order valence-electron chi connectivity index (χ2n) is 7.13. The zero-order valence-corrected chi connectivity index (χ0v) is 17.4. The third-order valence-corrected chi connectivity index (χ3v) is 4.80. The van der Waals surface area contributed by atoms with Gasteiger partial charge in [0.05, 0.1) is 5.69 Å². The third kappa shape index (κ3) is 4.58. The predicted molar refractivity (Wildman–Crippen MR) is 125 cm³/mol. The van der Waals surface area contributed by atoms with Crippen molar-refractivity contribution in [2.75, 3.05) is 11.1 Å². The Labute approximate surface area is 185 Å². The van der Waals surface area contributed by atoms with Crippen LogP contribution in [0.1, 0.15) is 12.5 Å². The van der Waals surface area contributed by atoms with Gasteiger partial charge in [-0.15, -0.1) is 0 Å². The fraction of sp³-hybridized carbons (Fsp3) is 0.0385. The quantitative estimate of drug-likeness (QED) is 0.436. The first-order chi connectivity index (χ1) is 15.5. The molecule has 0 radical (unpaired) electrons. The average molecular weight is 420 g/mol. The molecule has 3 aromatic carbocycles. The summed E-state index contributed by atoms with van der Waals surface area (Å²) in [5.41, 5.74) is 10.1. The number of hydrogen-bond donors (Lipinski definition) is 2. The Kier molecular flexibility index (Phi) is 5.82. The molecular formula is C26H20N4O2. The molecule has 0 aliphatic rings. The highest BCUT2D eigenvalue weighted by Gasteiger charge is 2.14. The molecule has 0 atom stereocenters. The molecular weight excluding hydrogens is 400 g/mol. The summed E-state index contributed by atoms with van der Waals surface area (Å²) >= 11 is 0. The van der Waals surface area contributed by atoms with Crippen molar-refractivity contribution in [3.05, 3.63) is 90.5 Å². The van der Waals surface area contributed by atoms with Crippen molar-refractivity contribution in [1.82, 2.24) is 4.98 Å². The number of aromatic nitrogens is 1. The highest BCUT2D eigenvalue weighted by Crippen LogP contribution is 2.33. The highest BCUT2D eigenvalue weighted by atomic mass is 16.5. The molecule has 1 heterocycles. The molecule has 3 N–H and O–H groups in total. The fourth-order valence-electron chi connectivity index (χ4n) is 3.31. The van der Waals surface area contributed by atoms with E-state index in [9.17, 15) is 10.1 Å². The Morgan fingerprint density at radius 1 is 0.938 bits per heavy atom. The van der Waals surface area contributed by atoms with Crippen molar-refractivity contribution in [2.24, 2.45) is 0 Å². The first-order valence-electron chi connectivity index (χ1n) is 9.95. The van der Waals surface area contributed by atoms with Gasteiger partial charge in [-0.2, -0.15) is 5.26 Å².